The molecule has 0 saturated heterocycles. The van der Waals surface area contributed by atoms with Gasteiger partial charge in [-0.2, -0.15) is 0 Å². The Morgan fingerprint density at radius 3 is 2.62 bits per heavy atom. The van der Waals surface area contributed by atoms with E-state index in [4.69, 9.17) is 5.73 Å². The fourth-order valence-corrected chi connectivity index (χ4v) is 0.757. The molecule has 0 fully saturated rings. The largest absolute Gasteiger partial charge is 0.488 e. The van der Waals surface area contributed by atoms with Crippen molar-refractivity contribution in [3.8, 4) is 5.75 Å². The Labute approximate surface area is 73.1 Å². The summed E-state index contributed by atoms with van der Waals surface area (Å²) in [5, 5.41) is 0. The summed E-state index contributed by atoms with van der Waals surface area (Å²) in [4.78, 5) is 0. The van der Waals surface area contributed by atoms with Gasteiger partial charge in [0.1, 0.15) is 18.2 Å². The first-order valence-electron chi connectivity index (χ1n) is 3.55. The SMILES string of the molecule is Nc1ccc(OCC(F)F)cc1F. The Hall–Kier alpha value is -1.39. The first-order valence-corrected chi connectivity index (χ1v) is 3.55. The molecule has 72 valence electrons. The molecule has 0 spiro atoms. The number of hydrogen-bond acceptors (Lipinski definition) is 2. The van der Waals surface area contributed by atoms with Crippen molar-refractivity contribution in [2.45, 2.75) is 6.43 Å². The van der Waals surface area contributed by atoms with Gasteiger partial charge in [-0.3, -0.25) is 0 Å². The van der Waals surface area contributed by atoms with Crippen LogP contribution in [0.3, 0.4) is 0 Å². The molecule has 1 aromatic rings. The van der Waals surface area contributed by atoms with Gasteiger partial charge in [0, 0.05) is 6.07 Å². The second-order valence-electron chi connectivity index (χ2n) is 2.39. The fraction of sp³-hybridized carbons (Fsp3) is 0.250. The predicted molar refractivity (Wildman–Crippen MR) is 42.3 cm³/mol. The summed E-state index contributed by atoms with van der Waals surface area (Å²) in [6.45, 7) is -0.747. The van der Waals surface area contributed by atoms with Gasteiger partial charge >= 0.3 is 0 Å². The van der Waals surface area contributed by atoms with Crippen molar-refractivity contribution in [3.63, 3.8) is 0 Å². The first-order chi connectivity index (χ1) is 6.09. The lowest BCUT2D eigenvalue weighted by Gasteiger charge is -2.05. The molecule has 0 aliphatic rings. The molecule has 0 aromatic heterocycles. The van der Waals surface area contributed by atoms with E-state index in [1.807, 2.05) is 0 Å². The van der Waals surface area contributed by atoms with Crippen LogP contribution in [0.2, 0.25) is 0 Å². The third kappa shape index (κ3) is 2.85. The van der Waals surface area contributed by atoms with E-state index in [1.165, 1.54) is 12.1 Å². The molecule has 2 nitrogen and oxygen atoms in total. The van der Waals surface area contributed by atoms with Gasteiger partial charge in [0.2, 0.25) is 0 Å². The maximum Gasteiger partial charge on any atom is 0.272 e. The summed E-state index contributed by atoms with van der Waals surface area (Å²) in [5.74, 6) is -0.626. The number of nitrogens with two attached hydrogens (primary N) is 1. The van der Waals surface area contributed by atoms with Crippen LogP contribution >= 0.6 is 0 Å². The fourth-order valence-electron chi connectivity index (χ4n) is 0.757. The van der Waals surface area contributed by atoms with E-state index < -0.39 is 18.8 Å². The third-order valence-corrected chi connectivity index (χ3v) is 1.35. The van der Waals surface area contributed by atoms with Gasteiger partial charge in [-0.25, -0.2) is 13.2 Å². The van der Waals surface area contributed by atoms with Gasteiger partial charge in [0.05, 0.1) is 5.69 Å². The van der Waals surface area contributed by atoms with Gasteiger partial charge in [0.15, 0.2) is 0 Å². The van der Waals surface area contributed by atoms with Crippen LogP contribution in [0.15, 0.2) is 18.2 Å². The molecule has 0 bridgehead atoms. The Morgan fingerprint density at radius 2 is 2.08 bits per heavy atom. The van der Waals surface area contributed by atoms with E-state index in [0.717, 1.165) is 6.07 Å². The monoisotopic (exact) mass is 191 g/mol. The highest BCUT2D eigenvalue weighted by Crippen LogP contribution is 2.18. The number of alkyl halides is 2. The zero-order valence-electron chi connectivity index (χ0n) is 6.64. The predicted octanol–water partition coefficient (Wildman–Crippen LogP) is 2.05. The number of halogens is 3. The number of hydrogen-bond donors (Lipinski definition) is 1. The summed E-state index contributed by atoms with van der Waals surface area (Å²) >= 11 is 0. The smallest absolute Gasteiger partial charge is 0.272 e. The van der Waals surface area contributed by atoms with E-state index >= 15 is 0 Å². The summed E-state index contributed by atoms with van der Waals surface area (Å²) in [5.41, 5.74) is 5.13. The highest BCUT2D eigenvalue weighted by molar-refractivity contribution is 5.43. The van der Waals surface area contributed by atoms with Crippen LogP contribution in [0, 0.1) is 5.82 Å². The zero-order valence-corrected chi connectivity index (χ0v) is 6.64. The molecule has 5 heteroatoms. The maximum absolute atomic E-state index is 12.7. The van der Waals surface area contributed by atoms with Crippen LogP contribution in [-0.2, 0) is 0 Å². The van der Waals surface area contributed by atoms with Gasteiger partial charge in [0.25, 0.3) is 6.43 Å². The molecule has 1 aromatic carbocycles. The van der Waals surface area contributed by atoms with E-state index in [9.17, 15) is 13.2 Å². The summed E-state index contributed by atoms with van der Waals surface area (Å²) in [6, 6.07) is 3.56. The van der Waals surface area contributed by atoms with Crippen molar-refractivity contribution < 1.29 is 17.9 Å². The average molecular weight is 191 g/mol. The Kier molecular flexibility index (Phi) is 3.00. The number of nitrogen functional groups attached to an aromatic ring is 1. The normalized spacial score (nSPS) is 10.5. The molecule has 0 heterocycles. The van der Waals surface area contributed by atoms with Crippen LogP contribution in [0.5, 0.6) is 5.75 Å². The molecule has 0 amide bonds. The van der Waals surface area contributed by atoms with Crippen molar-refractivity contribution in [1.29, 1.82) is 0 Å². The van der Waals surface area contributed by atoms with Crippen molar-refractivity contribution in [2.75, 3.05) is 12.3 Å². The number of anilines is 1. The molecule has 0 aliphatic heterocycles. The molecular weight excluding hydrogens is 183 g/mol. The average Bonchev–Trinajstić information content (AvgIpc) is 2.07. The Morgan fingerprint density at radius 1 is 1.38 bits per heavy atom. The van der Waals surface area contributed by atoms with Gasteiger partial charge < -0.3 is 10.5 Å². The van der Waals surface area contributed by atoms with Crippen molar-refractivity contribution in [3.05, 3.63) is 24.0 Å². The van der Waals surface area contributed by atoms with E-state index in [0.29, 0.717) is 0 Å². The number of ether oxygens (including phenoxy) is 1. The minimum Gasteiger partial charge on any atom is -0.488 e. The van der Waals surface area contributed by atoms with Crippen molar-refractivity contribution in [1.82, 2.24) is 0 Å². The molecule has 0 atom stereocenters. The molecule has 0 aliphatic carbocycles. The molecular formula is C8H8F3NO. The molecule has 13 heavy (non-hydrogen) atoms. The van der Waals surface area contributed by atoms with Gasteiger partial charge in [-0.05, 0) is 12.1 Å². The highest BCUT2D eigenvalue weighted by Gasteiger charge is 2.05. The van der Waals surface area contributed by atoms with Crippen molar-refractivity contribution >= 4 is 5.69 Å². The third-order valence-electron chi connectivity index (χ3n) is 1.35. The number of rotatable bonds is 3. The van der Waals surface area contributed by atoms with Crippen LogP contribution in [0.4, 0.5) is 18.9 Å². The van der Waals surface area contributed by atoms with Crippen LogP contribution in [0.25, 0.3) is 0 Å². The standard InChI is InChI=1S/C8H8F3NO/c9-6-3-5(1-2-7(6)12)13-4-8(10)11/h1-3,8H,4,12H2. The number of benzene rings is 1. The highest BCUT2D eigenvalue weighted by atomic mass is 19.3. The van der Waals surface area contributed by atoms with E-state index in [2.05, 4.69) is 4.74 Å². The second kappa shape index (κ2) is 4.02. The summed E-state index contributed by atoms with van der Waals surface area (Å²) < 4.78 is 40.6. The summed E-state index contributed by atoms with van der Waals surface area (Å²) in [7, 11) is 0. The summed E-state index contributed by atoms with van der Waals surface area (Å²) in [6.07, 6.45) is -2.57. The molecule has 2 N–H and O–H groups in total. The first kappa shape index (κ1) is 9.70. The van der Waals surface area contributed by atoms with Crippen LogP contribution < -0.4 is 10.5 Å². The minimum absolute atomic E-state index is 0.0376. The van der Waals surface area contributed by atoms with E-state index in [1.54, 1.807) is 0 Å². The minimum atomic E-state index is -2.57. The molecule has 0 saturated carbocycles. The van der Waals surface area contributed by atoms with Crippen LogP contribution in [0.1, 0.15) is 0 Å². The maximum atomic E-state index is 12.7. The van der Waals surface area contributed by atoms with Gasteiger partial charge in [-0.1, -0.05) is 0 Å². The molecule has 0 unspecified atom stereocenters. The van der Waals surface area contributed by atoms with Crippen LogP contribution in [-0.4, -0.2) is 13.0 Å². The second-order valence-corrected chi connectivity index (χ2v) is 2.39. The molecule has 0 radical (unpaired) electrons. The van der Waals surface area contributed by atoms with E-state index in [-0.39, 0.29) is 11.4 Å². The lowest BCUT2D eigenvalue weighted by molar-refractivity contribution is 0.0817. The lowest BCUT2D eigenvalue weighted by Crippen LogP contribution is -2.07. The zero-order chi connectivity index (χ0) is 9.84. The quantitative estimate of drug-likeness (QED) is 0.742. The Balaban J connectivity index is 2.63. The van der Waals surface area contributed by atoms with Gasteiger partial charge in [-0.15, -0.1) is 0 Å². The lowest BCUT2D eigenvalue weighted by atomic mass is 10.3. The Bertz CT molecular complexity index is 291. The topological polar surface area (TPSA) is 35.2 Å². The molecule has 1 rings (SSSR count). The van der Waals surface area contributed by atoms with Crippen molar-refractivity contribution in [2.24, 2.45) is 0 Å².